The van der Waals surface area contributed by atoms with Crippen molar-refractivity contribution >= 4 is 56.9 Å². The van der Waals surface area contributed by atoms with E-state index in [9.17, 15) is 18.2 Å². The molecule has 5 rings (SSSR count). The minimum absolute atomic E-state index is 0.0212. The number of rotatable bonds is 7. The van der Waals surface area contributed by atoms with Gasteiger partial charge in [-0.1, -0.05) is 17.7 Å². The van der Waals surface area contributed by atoms with Gasteiger partial charge in [0.05, 0.1) is 28.2 Å². The number of nitrogens with one attached hydrogen (secondary N) is 2. The first-order chi connectivity index (χ1) is 21.0. The highest BCUT2D eigenvalue weighted by atomic mass is 35.5. The van der Waals surface area contributed by atoms with Gasteiger partial charge in [-0.05, 0) is 43.7 Å². The third kappa shape index (κ3) is 6.20. The summed E-state index contributed by atoms with van der Waals surface area (Å²) in [4.78, 5) is 43.3. The quantitative estimate of drug-likeness (QED) is 0.289. The number of hydrogen-bond donors (Lipinski definition) is 2. The summed E-state index contributed by atoms with van der Waals surface area (Å²) in [5, 5.41) is 12.8. The summed E-state index contributed by atoms with van der Waals surface area (Å²) in [6.45, 7) is 5.53. The molecule has 1 saturated heterocycles. The molecular formula is C29H29ClFN9O3S. The van der Waals surface area contributed by atoms with E-state index in [4.69, 9.17) is 21.8 Å². The van der Waals surface area contributed by atoms with Crippen LogP contribution in [0.25, 0.3) is 10.9 Å². The molecule has 44 heavy (non-hydrogen) atoms. The SMILES string of the molecule is Cc1cc(C(C)Nc2ccc(Cl)nc2C(=O)NS(C)=O)c2nc(N3CCN(c4ncc(C#N)cc4F)CC3)n(C)c(=O)c2c1. The monoisotopic (exact) mass is 637 g/mol. The molecule has 15 heteroatoms. The largest absolute Gasteiger partial charge is 0.377 e. The van der Waals surface area contributed by atoms with E-state index in [0.717, 1.165) is 11.1 Å². The highest BCUT2D eigenvalue weighted by Gasteiger charge is 2.26. The number of piperazine rings is 1. The molecular weight excluding hydrogens is 609 g/mol. The number of anilines is 3. The molecule has 228 valence electrons. The second kappa shape index (κ2) is 12.6. The van der Waals surface area contributed by atoms with Crippen LogP contribution in [0.15, 0.2) is 41.3 Å². The fourth-order valence-corrected chi connectivity index (χ4v) is 5.72. The van der Waals surface area contributed by atoms with Crippen LogP contribution in [0.2, 0.25) is 5.15 Å². The Kier molecular flexibility index (Phi) is 8.80. The number of aromatic nitrogens is 4. The zero-order chi connectivity index (χ0) is 31.7. The van der Waals surface area contributed by atoms with Crippen LogP contribution >= 0.6 is 11.6 Å². The molecule has 3 aromatic heterocycles. The number of halogens is 2. The lowest BCUT2D eigenvalue weighted by atomic mass is 10.0. The number of hydrogen-bond acceptors (Lipinski definition) is 10. The summed E-state index contributed by atoms with van der Waals surface area (Å²) in [5.41, 5.74) is 2.35. The predicted octanol–water partition coefficient (Wildman–Crippen LogP) is 3.22. The van der Waals surface area contributed by atoms with Gasteiger partial charge in [0.25, 0.3) is 11.5 Å². The zero-order valence-electron chi connectivity index (χ0n) is 24.4. The number of amides is 1. The van der Waals surface area contributed by atoms with Crippen LogP contribution in [0.3, 0.4) is 0 Å². The number of carbonyl (C=O) groups is 1. The van der Waals surface area contributed by atoms with E-state index >= 15 is 0 Å². The summed E-state index contributed by atoms with van der Waals surface area (Å²) < 4.78 is 30.1. The Hall–Kier alpha value is -4.61. The van der Waals surface area contributed by atoms with E-state index in [1.807, 2.05) is 30.9 Å². The van der Waals surface area contributed by atoms with Gasteiger partial charge in [-0.25, -0.2) is 23.6 Å². The van der Waals surface area contributed by atoms with Crippen molar-refractivity contribution in [1.82, 2.24) is 24.2 Å². The maximum atomic E-state index is 14.6. The van der Waals surface area contributed by atoms with Crippen molar-refractivity contribution < 1.29 is 13.4 Å². The number of nitriles is 1. The first kappa shape index (κ1) is 30.8. The molecule has 4 aromatic rings. The maximum Gasteiger partial charge on any atom is 0.283 e. The van der Waals surface area contributed by atoms with Crippen LogP contribution in [-0.2, 0) is 18.0 Å². The van der Waals surface area contributed by atoms with E-state index in [0.29, 0.717) is 48.7 Å². The Labute approximate surface area is 260 Å². The molecule has 1 amide bonds. The first-order valence-electron chi connectivity index (χ1n) is 13.6. The summed E-state index contributed by atoms with van der Waals surface area (Å²) in [6, 6.07) is 9.49. The lowest BCUT2D eigenvalue weighted by molar-refractivity contribution is 0.0979. The molecule has 0 saturated carbocycles. The summed E-state index contributed by atoms with van der Waals surface area (Å²) in [5.74, 6) is -0.570. The number of pyridine rings is 2. The zero-order valence-corrected chi connectivity index (χ0v) is 26.0. The Morgan fingerprint density at radius 2 is 1.86 bits per heavy atom. The Morgan fingerprint density at radius 1 is 1.16 bits per heavy atom. The number of aryl methyl sites for hydroxylation is 1. The van der Waals surface area contributed by atoms with E-state index < -0.39 is 28.8 Å². The van der Waals surface area contributed by atoms with Gasteiger partial charge in [-0.3, -0.25) is 18.9 Å². The fraction of sp³-hybridized carbons (Fsp3) is 0.310. The van der Waals surface area contributed by atoms with Crippen LogP contribution in [0.4, 0.5) is 21.8 Å². The summed E-state index contributed by atoms with van der Waals surface area (Å²) in [7, 11) is 0.0642. The van der Waals surface area contributed by atoms with Crippen molar-refractivity contribution in [3.63, 3.8) is 0 Å². The van der Waals surface area contributed by atoms with Crippen LogP contribution in [0.1, 0.15) is 40.1 Å². The van der Waals surface area contributed by atoms with Crippen molar-refractivity contribution in [1.29, 1.82) is 5.26 Å². The van der Waals surface area contributed by atoms with Gasteiger partial charge in [-0.2, -0.15) is 5.26 Å². The second-order valence-electron chi connectivity index (χ2n) is 10.4. The average Bonchev–Trinajstić information content (AvgIpc) is 2.99. The number of fused-ring (bicyclic) bond motifs is 1. The summed E-state index contributed by atoms with van der Waals surface area (Å²) >= 11 is 6.05. The van der Waals surface area contributed by atoms with E-state index in [1.54, 1.807) is 24.1 Å². The lowest BCUT2D eigenvalue weighted by Gasteiger charge is -2.36. The van der Waals surface area contributed by atoms with E-state index in [-0.39, 0.29) is 27.8 Å². The summed E-state index contributed by atoms with van der Waals surface area (Å²) in [6.07, 6.45) is 2.68. The molecule has 0 aliphatic carbocycles. The topological polar surface area (TPSA) is 149 Å². The van der Waals surface area contributed by atoms with Crippen molar-refractivity contribution in [3.8, 4) is 6.07 Å². The maximum absolute atomic E-state index is 14.6. The first-order valence-corrected chi connectivity index (χ1v) is 15.5. The van der Waals surface area contributed by atoms with Gasteiger partial charge in [-0.15, -0.1) is 0 Å². The van der Waals surface area contributed by atoms with Crippen LogP contribution < -0.4 is 25.4 Å². The molecule has 0 spiro atoms. The van der Waals surface area contributed by atoms with Crippen molar-refractivity contribution in [2.75, 3.05) is 47.6 Å². The van der Waals surface area contributed by atoms with E-state index in [2.05, 4.69) is 20.0 Å². The van der Waals surface area contributed by atoms with Gasteiger partial charge in [0.15, 0.2) is 17.3 Å². The molecule has 12 nitrogen and oxygen atoms in total. The number of nitrogens with zero attached hydrogens (tertiary/aromatic N) is 7. The van der Waals surface area contributed by atoms with E-state index in [1.165, 1.54) is 29.2 Å². The molecule has 1 fully saturated rings. The van der Waals surface area contributed by atoms with Gasteiger partial charge < -0.3 is 15.1 Å². The smallest absolute Gasteiger partial charge is 0.283 e. The molecule has 4 heterocycles. The highest BCUT2D eigenvalue weighted by Crippen LogP contribution is 2.29. The minimum Gasteiger partial charge on any atom is -0.377 e. The normalized spacial score (nSPS) is 14.7. The molecule has 1 aliphatic heterocycles. The second-order valence-corrected chi connectivity index (χ2v) is 11.9. The predicted molar refractivity (Wildman–Crippen MR) is 168 cm³/mol. The third-order valence-corrected chi connectivity index (χ3v) is 7.98. The standard InChI is InChI=1S/C29H29ClFN9O3S/c1-16-11-19(17(2)34-22-5-6-23(30)35-25(22)27(41)37-44(4)43)24-20(12-16)28(42)38(3)29(36-24)40-9-7-39(8-10-40)26-21(31)13-18(14-32)15-33-26/h5-6,11-13,15,17,34H,7-10H2,1-4H3,(H,37,41). The number of benzene rings is 1. The van der Waals surface area contributed by atoms with Gasteiger partial charge >= 0.3 is 0 Å². The molecule has 2 atom stereocenters. The van der Waals surface area contributed by atoms with Gasteiger partial charge in [0.2, 0.25) is 5.95 Å². The highest BCUT2D eigenvalue weighted by molar-refractivity contribution is 7.82. The average molecular weight is 638 g/mol. The van der Waals surface area contributed by atoms with Crippen molar-refractivity contribution in [3.05, 3.63) is 80.2 Å². The van der Waals surface area contributed by atoms with Gasteiger partial charge in [0, 0.05) is 51.2 Å². The Bertz CT molecular complexity index is 1900. The Morgan fingerprint density at radius 3 is 2.52 bits per heavy atom. The van der Waals surface area contributed by atoms with Gasteiger partial charge in [0.1, 0.15) is 22.2 Å². The minimum atomic E-state index is -1.61. The van der Waals surface area contributed by atoms with Crippen LogP contribution in [0.5, 0.6) is 0 Å². The number of carbonyl (C=O) groups excluding carboxylic acids is 1. The molecule has 2 N–H and O–H groups in total. The molecule has 1 aromatic carbocycles. The van der Waals surface area contributed by atoms with Crippen molar-refractivity contribution in [2.45, 2.75) is 19.9 Å². The Balaban J connectivity index is 1.47. The van der Waals surface area contributed by atoms with Crippen molar-refractivity contribution in [2.24, 2.45) is 7.05 Å². The molecule has 0 radical (unpaired) electrons. The third-order valence-electron chi connectivity index (χ3n) is 7.29. The molecule has 2 unspecified atom stereocenters. The lowest BCUT2D eigenvalue weighted by Crippen LogP contribution is -2.48. The molecule has 1 aliphatic rings. The fourth-order valence-electron chi connectivity index (χ4n) is 5.21. The van der Waals surface area contributed by atoms with Crippen LogP contribution in [-0.4, -0.2) is 62.1 Å². The molecule has 0 bridgehead atoms. The van der Waals surface area contributed by atoms with Crippen LogP contribution in [0, 0.1) is 24.1 Å².